The molecule has 0 spiro atoms. The van der Waals surface area contributed by atoms with Crippen molar-refractivity contribution in [1.29, 1.82) is 15.9 Å². The average molecular weight is 238 g/mol. The third-order valence-electron chi connectivity index (χ3n) is 1.74. The Labute approximate surface area is 133 Å². The first kappa shape index (κ1) is 12.8. The largest absolute Gasteiger partial charge is 1.00 e. The molecule has 2 N–H and O–H groups in total. The summed E-state index contributed by atoms with van der Waals surface area (Å²) in [6, 6.07) is 3.55. The Hall–Kier alpha value is -1.23. The molecule has 0 amide bonds. The van der Waals surface area contributed by atoms with E-state index in [-0.39, 0.29) is 74.4 Å². The first-order chi connectivity index (χ1) is 7.27. The number of rotatable bonds is 0. The van der Waals surface area contributed by atoms with Crippen LogP contribution in [0.5, 0.6) is 0 Å². The van der Waals surface area contributed by atoms with Crippen molar-refractivity contribution in [3.05, 3.63) is 17.4 Å². The van der Waals surface area contributed by atoms with Gasteiger partial charge in [0.15, 0.2) is 5.71 Å². The molecular formula is C7H3KN8. The van der Waals surface area contributed by atoms with Crippen molar-refractivity contribution < 1.29 is 51.4 Å². The van der Waals surface area contributed by atoms with Gasteiger partial charge in [0.05, 0.1) is 5.84 Å². The maximum Gasteiger partial charge on any atom is 1.00 e. The van der Waals surface area contributed by atoms with E-state index in [2.05, 4.69) is 21.0 Å². The first-order valence-corrected chi connectivity index (χ1v) is 3.78. The topological polar surface area (TPSA) is 128 Å². The van der Waals surface area contributed by atoms with Crippen LogP contribution >= 0.6 is 0 Å². The van der Waals surface area contributed by atoms with Gasteiger partial charge in [-0.15, -0.1) is 0 Å². The summed E-state index contributed by atoms with van der Waals surface area (Å²) >= 11 is 0. The summed E-state index contributed by atoms with van der Waals surface area (Å²) in [5.41, 5.74) is 5.89. The van der Waals surface area contributed by atoms with E-state index in [0.717, 1.165) is 0 Å². The fourth-order valence-electron chi connectivity index (χ4n) is 1.06. The number of fused-ring (bicyclic) bond motifs is 1. The van der Waals surface area contributed by atoms with E-state index in [1.54, 1.807) is 6.07 Å². The summed E-state index contributed by atoms with van der Waals surface area (Å²) in [5.74, 6) is -0.00764. The van der Waals surface area contributed by atoms with Crippen LogP contribution in [0.3, 0.4) is 0 Å². The van der Waals surface area contributed by atoms with Crippen LogP contribution in [0, 0.1) is 28.1 Å². The molecule has 72 valence electrons. The Bertz CT molecular complexity index is 542. The van der Waals surface area contributed by atoms with Crippen LogP contribution in [0.1, 0.15) is 5.69 Å². The van der Waals surface area contributed by atoms with Gasteiger partial charge in [-0.2, -0.15) is 15.6 Å². The van der Waals surface area contributed by atoms with Crippen LogP contribution in [-0.4, -0.2) is 21.1 Å². The van der Waals surface area contributed by atoms with Gasteiger partial charge in [-0.3, -0.25) is 5.53 Å². The van der Waals surface area contributed by atoms with Crippen molar-refractivity contribution in [2.45, 2.75) is 0 Å². The van der Waals surface area contributed by atoms with E-state index in [4.69, 9.17) is 15.9 Å². The third kappa shape index (κ3) is 1.99. The molecule has 9 heteroatoms. The van der Waals surface area contributed by atoms with E-state index in [0.29, 0.717) is 0 Å². The van der Waals surface area contributed by atoms with Crippen LogP contribution in [-0.2, 0) is 0 Å². The monoisotopic (exact) mass is 238 g/mol. The molecule has 0 radical (unpaired) electrons. The summed E-state index contributed by atoms with van der Waals surface area (Å²) in [4.78, 5) is 3.74. The van der Waals surface area contributed by atoms with Crippen LogP contribution in [0.15, 0.2) is 11.4 Å². The molecule has 0 atom stereocenters. The molecule has 0 saturated heterocycles. The van der Waals surface area contributed by atoms with Gasteiger partial charge in [-0.05, 0) is 0 Å². The van der Waals surface area contributed by atoms with Crippen LogP contribution in [0.25, 0.3) is 5.43 Å². The molecule has 2 rings (SSSR count). The number of hydrogen-bond acceptors (Lipinski definition) is 6. The Kier molecular flexibility index (Phi) is 4.17. The molecule has 0 aromatic carbocycles. The van der Waals surface area contributed by atoms with E-state index in [9.17, 15) is 0 Å². The zero-order chi connectivity index (χ0) is 10.8. The number of nitriles is 2. The van der Waals surface area contributed by atoms with Gasteiger partial charge in [-0.25, -0.2) is 4.98 Å². The van der Waals surface area contributed by atoms with Crippen molar-refractivity contribution in [2.24, 2.45) is 5.10 Å². The maximum absolute atomic E-state index is 8.70. The van der Waals surface area contributed by atoms with Gasteiger partial charge in [-0.1, -0.05) is 0 Å². The Morgan fingerprint density at radius 2 is 2.19 bits per heavy atom. The predicted octanol–water partition coefficient (Wildman–Crippen LogP) is -3.01. The van der Waals surface area contributed by atoms with Crippen LogP contribution < -0.4 is 56.9 Å². The van der Waals surface area contributed by atoms with Crippen molar-refractivity contribution in [3.63, 3.8) is 0 Å². The standard InChI is InChI=1S/C7H3N8.K/c8-1-4-6(10)15-3-11-5(2-9)7(15)13-14-12-4;/h3,10,14H;/q-1;+1. The predicted molar refractivity (Wildman–Crippen MR) is 49.3 cm³/mol. The molecule has 16 heavy (non-hydrogen) atoms. The quantitative estimate of drug-likeness (QED) is 0.466. The smallest absolute Gasteiger partial charge is 0.387 e. The van der Waals surface area contributed by atoms with E-state index < -0.39 is 0 Å². The molecule has 1 aliphatic heterocycles. The van der Waals surface area contributed by atoms with Gasteiger partial charge in [0.1, 0.15) is 17.8 Å². The minimum atomic E-state index is -0.171. The van der Waals surface area contributed by atoms with Gasteiger partial charge in [0, 0.05) is 12.1 Å². The molecule has 8 nitrogen and oxygen atoms in total. The number of imidazole rings is 1. The molecule has 1 aromatic rings. The second-order valence-corrected chi connectivity index (χ2v) is 2.53. The van der Waals surface area contributed by atoms with Crippen molar-refractivity contribution in [3.8, 4) is 12.1 Å². The molecule has 1 aromatic heterocycles. The fraction of sp³-hybridized carbons (Fsp3) is 0. The number of aromatic nitrogens is 2. The molecule has 0 bridgehead atoms. The summed E-state index contributed by atoms with van der Waals surface area (Å²) in [6.07, 6.45) is 1.25. The molecular weight excluding hydrogens is 235 g/mol. The number of nitrogens with zero attached hydrogens (tertiary/aromatic N) is 6. The zero-order valence-electron chi connectivity index (χ0n) is 8.26. The minimum absolute atomic E-state index is 0. The van der Waals surface area contributed by atoms with E-state index in [1.807, 2.05) is 6.07 Å². The third-order valence-corrected chi connectivity index (χ3v) is 1.74. The van der Waals surface area contributed by atoms with Gasteiger partial charge >= 0.3 is 51.4 Å². The molecule has 0 aliphatic carbocycles. The number of nitrogens with one attached hydrogen (secondary N) is 2. The van der Waals surface area contributed by atoms with Crippen molar-refractivity contribution in [1.82, 2.24) is 15.1 Å². The van der Waals surface area contributed by atoms with Crippen LogP contribution in [0.4, 0.5) is 5.82 Å². The van der Waals surface area contributed by atoms with E-state index >= 15 is 0 Å². The average Bonchev–Trinajstić information content (AvgIpc) is 2.59. The first-order valence-electron chi connectivity index (χ1n) is 3.78. The maximum atomic E-state index is 8.70. The molecule has 1 aliphatic rings. The second kappa shape index (κ2) is 5.20. The second-order valence-electron chi connectivity index (χ2n) is 2.53. The minimum Gasteiger partial charge on any atom is -0.387 e. The van der Waals surface area contributed by atoms with Gasteiger partial charge in [0.25, 0.3) is 0 Å². The van der Waals surface area contributed by atoms with Gasteiger partial charge < -0.3 is 15.4 Å². The Morgan fingerprint density at radius 3 is 2.81 bits per heavy atom. The zero-order valence-corrected chi connectivity index (χ0v) is 11.4. The molecule has 0 unspecified atom stereocenters. The van der Waals surface area contributed by atoms with Crippen molar-refractivity contribution in [2.75, 3.05) is 0 Å². The summed E-state index contributed by atoms with van der Waals surface area (Å²) in [5, 5.41) is 28.5. The SMILES string of the molecule is N#CC1=NN[N-]c2c(C#N)ncn2C1=N.[K+]. The summed E-state index contributed by atoms with van der Waals surface area (Å²) < 4.78 is 1.21. The van der Waals surface area contributed by atoms with Crippen LogP contribution in [0.2, 0.25) is 0 Å². The molecule has 0 saturated carbocycles. The molecule has 2 heterocycles. The number of hydrogen-bond donors (Lipinski definition) is 2. The number of hydrazone groups is 1. The van der Waals surface area contributed by atoms with Gasteiger partial charge in [0.2, 0.25) is 0 Å². The van der Waals surface area contributed by atoms with Crippen molar-refractivity contribution >= 4 is 17.4 Å². The molecule has 0 fully saturated rings. The summed E-state index contributed by atoms with van der Waals surface area (Å²) in [6.45, 7) is 0. The van der Waals surface area contributed by atoms with E-state index in [1.165, 1.54) is 10.9 Å². The Morgan fingerprint density at radius 1 is 1.44 bits per heavy atom. The normalized spacial score (nSPS) is 12.6. The summed E-state index contributed by atoms with van der Waals surface area (Å²) in [7, 11) is 0. The fourth-order valence-corrected chi connectivity index (χ4v) is 1.06. The Balaban J connectivity index is 0.00000128.